The molecule has 1 rings (SSSR count). The number of hydrogen-bond acceptors (Lipinski definition) is 4. The normalized spacial score (nSPS) is 16.9. The molecule has 0 aromatic carbocycles. The average Bonchev–Trinajstić information content (AvgIpc) is 2.44. The van der Waals surface area contributed by atoms with E-state index in [1.165, 1.54) is 12.0 Å². The lowest BCUT2D eigenvalue weighted by molar-refractivity contribution is -0.142. The molecule has 0 spiro atoms. The Morgan fingerprint density at radius 2 is 1.86 bits per heavy atom. The minimum absolute atomic E-state index is 0.0888. The van der Waals surface area contributed by atoms with Gasteiger partial charge in [-0.25, -0.2) is 4.79 Å². The number of rotatable bonds is 6. The molecule has 0 bridgehead atoms. The Kier molecular flexibility index (Phi) is 6.45. The third-order valence-electron chi connectivity index (χ3n) is 3.89. The molecule has 0 aromatic rings. The van der Waals surface area contributed by atoms with Crippen LogP contribution < -0.4 is 5.32 Å². The van der Waals surface area contributed by atoms with E-state index in [-0.39, 0.29) is 13.0 Å². The molecule has 1 fully saturated rings. The van der Waals surface area contributed by atoms with E-state index in [9.17, 15) is 14.4 Å². The highest BCUT2D eigenvalue weighted by Crippen LogP contribution is 2.31. The molecule has 0 atom stereocenters. The van der Waals surface area contributed by atoms with Crippen LogP contribution in [0.15, 0.2) is 0 Å². The van der Waals surface area contributed by atoms with Gasteiger partial charge >= 0.3 is 18.0 Å². The fourth-order valence-electron chi connectivity index (χ4n) is 2.72. The van der Waals surface area contributed by atoms with Gasteiger partial charge in [0.25, 0.3) is 0 Å². The van der Waals surface area contributed by atoms with Gasteiger partial charge in [0.2, 0.25) is 0 Å². The highest BCUT2D eigenvalue weighted by atomic mass is 16.5. The molecule has 0 aromatic heterocycles. The minimum atomic E-state index is -0.923. The van der Waals surface area contributed by atoms with Crippen LogP contribution in [0, 0.1) is 0 Å². The van der Waals surface area contributed by atoms with Gasteiger partial charge in [0.05, 0.1) is 19.1 Å². The topological polar surface area (TPSA) is 95.9 Å². The first-order valence-electron chi connectivity index (χ1n) is 7.28. The predicted octanol–water partition coefficient (Wildman–Crippen LogP) is 1.37. The van der Waals surface area contributed by atoms with Crippen LogP contribution in [0.25, 0.3) is 0 Å². The lowest BCUT2D eigenvalue weighted by Crippen LogP contribution is -2.55. The van der Waals surface area contributed by atoms with Gasteiger partial charge < -0.3 is 20.1 Å². The molecular formula is C14H24N2O5. The van der Waals surface area contributed by atoms with Crippen LogP contribution >= 0.6 is 0 Å². The van der Waals surface area contributed by atoms with E-state index in [0.29, 0.717) is 19.4 Å². The fraction of sp³-hybridized carbons (Fsp3) is 0.786. The SMILES string of the molecule is CCN(CC(=O)OC)C(=O)NC1(CC(=O)O)CCCCC1. The van der Waals surface area contributed by atoms with E-state index in [4.69, 9.17) is 5.11 Å². The third-order valence-corrected chi connectivity index (χ3v) is 3.89. The van der Waals surface area contributed by atoms with Crippen molar-refractivity contribution >= 4 is 18.0 Å². The fourth-order valence-corrected chi connectivity index (χ4v) is 2.72. The van der Waals surface area contributed by atoms with Crippen LogP contribution in [0.4, 0.5) is 4.79 Å². The zero-order valence-electron chi connectivity index (χ0n) is 12.7. The largest absolute Gasteiger partial charge is 0.481 e. The van der Waals surface area contributed by atoms with Crippen molar-refractivity contribution in [3.8, 4) is 0 Å². The molecule has 0 heterocycles. The summed E-state index contributed by atoms with van der Waals surface area (Å²) in [7, 11) is 1.27. The first kappa shape index (κ1) is 17.3. The summed E-state index contributed by atoms with van der Waals surface area (Å²) in [5.74, 6) is -1.42. The van der Waals surface area contributed by atoms with Gasteiger partial charge in [-0.3, -0.25) is 9.59 Å². The zero-order valence-corrected chi connectivity index (χ0v) is 12.7. The molecular weight excluding hydrogens is 276 g/mol. The summed E-state index contributed by atoms with van der Waals surface area (Å²) in [4.78, 5) is 36.0. The number of esters is 1. The Hall–Kier alpha value is -1.79. The predicted molar refractivity (Wildman–Crippen MR) is 75.9 cm³/mol. The number of nitrogens with one attached hydrogen (secondary N) is 1. The van der Waals surface area contributed by atoms with Gasteiger partial charge in [0, 0.05) is 6.54 Å². The average molecular weight is 300 g/mol. The molecule has 7 nitrogen and oxygen atoms in total. The smallest absolute Gasteiger partial charge is 0.325 e. The maximum absolute atomic E-state index is 12.3. The van der Waals surface area contributed by atoms with E-state index >= 15 is 0 Å². The molecule has 0 unspecified atom stereocenters. The maximum atomic E-state index is 12.3. The van der Waals surface area contributed by atoms with Gasteiger partial charge in [-0.2, -0.15) is 0 Å². The van der Waals surface area contributed by atoms with Gasteiger partial charge in [-0.05, 0) is 19.8 Å². The highest BCUT2D eigenvalue weighted by Gasteiger charge is 2.37. The van der Waals surface area contributed by atoms with E-state index in [1.54, 1.807) is 6.92 Å². The van der Waals surface area contributed by atoms with Crippen LogP contribution in [0.5, 0.6) is 0 Å². The lowest BCUT2D eigenvalue weighted by atomic mass is 9.79. The molecule has 0 radical (unpaired) electrons. The van der Waals surface area contributed by atoms with E-state index in [2.05, 4.69) is 10.1 Å². The van der Waals surface area contributed by atoms with Crippen molar-refractivity contribution in [2.24, 2.45) is 0 Å². The molecule has 1 aliphatic rings. The molecule has 21 heavy (non-hydrogen) atoms. The number of carbonyl (C=O) groups is 3. The van der Waals surface area contributed by atoms with Gasteiger partial charge in [-0.1, -0.05) is 19.3 Å². The number of methoxy groups -OCH3 is 1. The monoisotopic (exact) mass is 300 g/mol. The number of carbonyl (C=O) groups excluding carboxylic acids is 2. The quantitative estimate of drug-likeness (QED) is 0.722. The second-order valence-corrected chi connectivity index (χ2v) is 5.43. The number of urea groups is 1. The standard InChI is InChI=1S/C14H24N2O5/c1-3-16(10-12(19)21-2)13(20)15-14(9-11(17)18)7-5-4-6-8-14/h3-10H2,1-2H3,(H,15,20)(H,17,18). The number of aliphatic carboxylic acids is 1. The summed E-state index contributed by atoms with van der Waals surface area (Å²) in [6, 6.07) is -0.411. The van der Waals surface area contributed by atoms with Crippen molar-refractivity contribution < 1.29 is 24.2 Å². The van der Waals surface area contributed by atoms with Gasteiger partial charge in [-0.15, -0.1) is 0 Å². The molecule has 7 heteroatoms. The summed E-state index contributed by atoms with van der Waals surface area (Å²) in [6.45, 7) is 1.97. The van der Waals surface area contributed by atoms with Crippen molar-refractivity contribution in [2.45, 2.75) is 51.0 Å². The van der Waals surface area contributed by atoms with Crippen LogP contribution in [-0.4, -0.2) is 53.7 Å². The third kappa shape index (κ3) is 5.24. The second-order valence-electron chi connectivity index (χ2n) is 5.43. The number of hydrogen-bond donors (Lipinski definition) is 2. The summed E-state index contributed by atoms with van der Waals surface area (Å²) >= 11 is 0. The molecule has 1 aliphatic carbocycles. The molecule has 0 saturated heterocycles. The van der Waals surface area contributed by atoms with Gasteiger partial charge in [0.15, 0.2) is 0 Å². The van der Waals surface area contributed by atoms with Crippen LogP contribution in [0.3, 0.4) is 0 Å². The molecule has 0 aliphatic heterocycles. The Labute approximate surface area is 124 Å². The Bertz CT molecular complexity index is 391. The van der Waals surface area contributed by atoms with Crippen LogP contribution in [-0.2, 0) is 14.3 Å². The van der Waals surface area contributed by atoms with E-state index < -0.39 is 23.5 Å². The first-order chi connectivity index (χ1) is 9.92. The van der Waals surface area contributed by atoms with E-state index in [0.717, 1.165) is 19.3 Å². The second kappa shape index (κ2) is 7.85. The number of carboxylic acids is 1. The van der Waals surface area contributed by atoms with Crippen molar-refractivity contribution in [3.63, 3.8) is 0 Å². The highest BCUT2D eigenvalue weighted by molar-refractivity contribution is 5.82. The summed E-state index contributed by atoms with van der Waals surface area (Å²) in [6.07, 6.45) is 4.07. The van der Waals surface area contributed by atoms with E-state index in [1.807, 2.05) is 0 Å². The van der Waals surface area contributed by atoms with Gasteiger partial charge in [0.1, 0.15) is 6.54 Å². The number of likely N-dealkylation sites (N-methyl/N-ethyl adjacent to an activating group) is 1. The first-order valence-corrected chi connectivity index (χ1v) is 7.28. The Morgan fingerprint density at radius 3 is 2.33 bits per heavy atom. The van der Waals surface area contributed by atoms with Crippen molar-refractivity contribution in [1.29, 1.82) is 0 Å². The van der Waals surface area contributed by atoms with Crippen molar-refractivity contribution in [3.05, 3.63) is 0 Å². The zero-order chi connectivity index (χ0) is 15.9. The van der Waals surface area contributed by atoms with Crippen molar-refractivity contribution in [1.82, 2.24) is 10.2 Å². The summed E-state index contributed by atoms with van der Waals surface area (Å²) in [5.41, 5.74) is -0.704. The number of amides is 2. The van der Waals surface area contributed by atoms with Crippen LogP contribution in [0.2, 0.25) is 0 Å². The molecule has 2 amide bonds. The number of ether oxygens (including phenoxy) is 1. The van der Waals surface area contributed by atoms with Crippen LogP contribution in [0.1, 0.15) is 45.4 Å². The number of nitrogens with zero attached hydrogens (tertiary/aromatic N) is 1. The molecule has 2 N–H and O–H groups in total. The summed E-state index contributed by atoms with van der Waals surface area (Å²) in [5, 5.41) is 11.9. The summed E-state index contributed by atoms with van der Waals surface area (Å²) < 4.78 is 4.56. The lowest BCUT2D eigenvalue weighted by Gasteiger charge is -2.38. The maximum Gasteiger partial charge on any atom is 0.325 e. The molecule has 120 valence electrons. The molecule has 1 saturated carbocycles. The Balaban J connectivity index is 2.74. The number of carboxylic acid groups (broad SMARTS) is 1. The van der Waals surface area contributed by atoms with Crippen molar-refractivity contribution in [2.75, 3.05) is 20.2 Å². The minimum Gasteiger partial charge on any atom is -0.481 e. The Morgan fingerprint density at radius 1 is 1.24 bits per heavy atom.